The molecule has 5 heteroatoms. The van der Waals surface area contributed by atoms with Gasteiger partial charge in [-0.2, -0.15) is 0 Å². The van der Waals surface area contributed by atoms with Crippen molar-refractivity contribution in [1.82, 2.24) is 5.32 Å². The van der Waals surface area contributed by atoms with E-state index in [1.807, 2.05) is 12.1 Å². The number of nitrogens with one attached hydrogen (secondary N) is 1. The number of rotatable bonds is 5. The first-order chi connectivity index (χ1) is 11.5. The van der Waals surface area contributed by atoms with Crippen molar-refractivity contribution in [3.05, 3.63) is 21.9 Å². The summed E-state index contributed by atoms with van der Waals surface area (Å²) in [6.45, 7) is 0. The minimum atomic E-state index is -1.54. The number of thiophene rings is 1. The third-order valence-corrected chi connectivity index (χ3v) is 12.1. The van der Waals surface area contributed by atoms with Gasteiger partial charge in [0.1, 0.15) is 0 Å². The zero-order valence-corrected chi connectivity index (χ0v) is 17.2. The van der Waals surface area contributed by atoms with Gasteiger partial charge in [-0.1, -0.05) is 0 Å². The predicted molar refractivity (Wildman–Crippen MR) is 98.6 cm³/mol. The summed E-state index contributed by atoms with van der Waals surface area (Å²) < 4.78 is 0.656. The summed E-state index contributed by atoms with van der Waals surface area (Å²) in [5.74, 6) is 2.49. The Morgan fingerprint density at radius 3 is 2.29 bits per heavy atom. The van der Waals surface area contributed by atoms with E-state index in [1.54, 1.807) is 18.4 Å². The van der Waals surface area contributed by atoms with E-state index in [0.717, 1.165) is 27.8 Å². The normalized spacial score (nSPS) is 35.0. The van der Waals surface area contributed by atoms with E-state index in [2.05, 4.69) is 11.0 Å². The first kappa shape index (κ1) is 16.8. The summed E-state index contributed by atoms with van der Waals surface area (Å²) in [6, 6.07) is 3.95. The molecule has 0 saturated heterocycles. The van der Waals surface area contributed by atoms with Crippen LogP contribution >= 0.6 is 11.3 Å². The number of carbonyl (C=O) groups is 2. The quantitative estimate of drug-likeness (QED) is 0.758. The summed E-state index contributed by atoms with van der Waals surface area (Å²) in [7, 11) is 1.66. The molecule has 1 aromatic rings. The van der Waals surface area contributed by atoms with Crippen LogP contribution in [0.3, 0.4) is 0 Å². The van der Waals surface area contributed by atoms with Gasteiger partial charge >= 0.3 is 153 Å². The van der Waals surface area contributed by atoms with E-state index in [9.17, 15) is 9.59 Å². The molecule has 1 heterocycles. The molecular formula is C19H26AsNO2S. The monoisotopic (exact) mass is 407 g/mol. The molecule has 0 radical (unpaired) electrons. The maximum absolute atomic E-state index is 13.4. The fraction of sp³-hybridized carbons (Fsp3) is 0.684. The van der Waals surface area contributed by atoms with Crippen LogP contribution < -0.4 is 5.32 Å². The van der Waals surface area contributed by atoms with Crippen molar-refractivity contribution in [3.63, 3.8) is 0 Å². The van der Waals surface area contributed by atoms with Crippen LogP contribution in [0.1, 0.15) is 53.1 Å². The number of hydrogen-bond acceptors (Lipinski definition) is 3. The first-order valence-electron chi connectivity index (χ1n) is 9.05. The Labute approximate surface area is 152 Å². The van der Waals surface area contributed by atoms with Gasteiger partial charge < -0.3 is 0 Å². The van der Waals surface area contributed by atoms with E-state index in [4.69, 9.17) is 0 Å². The van der Waals surface area contributed by atoms with Crippen molar-refractivity contribution in [2.45, 2.75) is 49.4 Å². The maximum atomic E-state index is 13.4. The summed E-state index contributed by atoms with van der Waals surface area (Å²) in [5, 5.41) is 3.60. The van der Waals surface area contributed by atoms with Crippen molar-refractivity contribution >= 4 is 36.5 Å². The average Bonchev–Trinajstić information content (AvgIpc) is 3.00. The van der Waals surface area contributed by atoms with Crippen molar-refractivity contribution in [3.8, 4) is 0 Å². The predicted octanol–water partition coefficient (Wildman–Crippen LogP) is 3.64. The van der Waals surface area contributed by atoms with E-state index in [-0.39, 0.29) is 11.3 Å². The molecule has 0 aliphatic heterocycles. The second-order valence-corrected chi connectivity index (χ2v) is 13.8. The van der Waals surface area contributed by atoms with Crippen LogP contribution in [0.4, 0.5) is 0 Å². The van der Waals surface area contributed by atoms with Gasteiger partial charge in [-0.25, -0.2) is 0 Å². The van der Waals surface area contributed by atoms with Crippen molar-refractivity contribution in [2.75, 3.05) is 7.05 Å². The molecule has 5 rings (SSSR count). The molecule has 0 spiro atoms. The fourth-order valence-corrected chi connectivity index (χ4v) is 11.8. The van der Waals surface area contributed by atoms with Crippen LogP contribution in [0, 0.1) is 23.2 Å². The number of hydrogen-bond donors (Lipinski definition) is 1. The Morgan fingerprint density at radius 2 is 1.75 bits per heavy atom. The SMILES string of the molecule is CNC(=O)c1ccc(C[As](C)C(=O)C23CC4CC(CC(C4)C2)C3)s1. The van der Waals surface area contributed by atoms with Crippen LogP contribution in [-0.4, -0.2) is 32.2 Å². The van der Waals surface area contributed by atoms with Crippen LogP contribution in [0.2, 0.25) is 5.71 Å². The molecule has 3 nitrogen and oxygen atoms in total. The molecule has 1 aromatic heterocycles. The van der Waals surface area contributed by atoms with E-state index < -0.39 is 14.7 Å². The van der Waals surface area contributed by atoms with Gasteiger partial charge in [-0.05, 0) is 0 Å². The van der Waals surface area contributed by atoms with Gasteiger partial charge in [0.05, 0.1) is 0 Å². The van der Waals surface area contributed by atoms with Crippen LogP contribution in [-0.2, 0) is 10.0 Å². The topological polar surface area (TPSA) is 46.2 Å². The zero-order valence-electron chi connectivity index (χ0n) is 14.5. The minimum absolute atomic E-state index is 0.0196. The van der Waals surface area contributed by atoms with Gasteiger partial charge in [0.2, 0.25) is 0 Å². The Hall–Kier alpha value is -0.602. The number of carbonyl (C=O) groups excluding carboxylic acids is 2. The van der Waals surface area contributed by atoms with Crippen molar-refractivity contribution < 1.29 is 9.59 Å². The standard InChI is InChI=1S/C19H26AsNO2S/c1-20(11-15-3-4-16(24-15)17(22)21-2)18(23)19-8-12-5-13(9-19)7-14(6-12)10-19/h3-4,12-14H,5-11H2,1-2H3,(H,21,22). The average molecular weight is 407 g/mol. The third-order valence-electron chi connectivity index (χ3n) is 6.34. The Balaban J connectivity index is 1.46. The van der Waals surface area contributed by atoms with Crippen LogP contribution in [0.5, 0.6) is 0 Å². The molecule has 4 fully saturated rings. The molecule has 130 valence electrons. The molecule has 4 aliphatic rings. The molecule has 4 saturated carbocycles. The fourth-order valence-electron chi connectivity index (χ4n) is 5.79. The van der Waals surface area contributed by atoms with Gasteiger partial charge in [0.25, 0.3) is 0 Å². The van der Waals surface area contributed by atoms with Gasteiger partial charge in [0.15, 0.2) is 0 Å². The second kappa shape index (κ2) is 6.28. The second-order valence-electron chi connectivity index (χ2n) is 8.20. The summed E-state index contributed by atoms with van der Waals surface area (Å²) in [4.78, 5) is 27.1. The first-order valence-corrected chi connectivity index (χ1v) is 14.0. The summed E-state index contributed by atoms with van der Waals surface area (Å²) in [5.41, 5.74) is 2.30. The molecule has 4 bridgehead atoms. The molecule has 1 amide bonds. The van der Waals surface area contributed by atoms with Gasteiger partial charge in [-0.15, -0.1) is 0 Å². The zero-order chi connectivity index (χ0) is 16.9. The summed E-state index contributed by atoms with van der Waals surface area (Å²) >= 11 is 0.0156. The number of amides is 1. The molecule has 24 heavy (non-hydrogen) atoms. The van der Waals surface area contributed by atoms with Gasteiger partial charge in [0, 0.05) is 0 Å². The van der Waals surface area contributed by atoms with E-state index in [0.29, 0.717) is 4.57 Å². The van der Waals surface area contributed by atoms with Crippen LogP contribution in [0.15, 0.2) is 12.1 Å². The third kappa shape index (κ3) is 2.90. The van der Waals surface area contributed by atoms with Crippen molar-refractivity contribution in [1.29, 1.82) is 0 Å². The van der Waals surface area contributed by atoms with E-state index in [1.165, 1.54) is 43.4 Å². The Bertz CT molecular complexity index is 633. The van der Waals surface area contributed by atoms with Crippen LogP contribution in [0.25, 0.3) is 0 Å². The van der Waals surface area contributed by atoms with Gasteiger partial charge in [-0.3, -0.25) is 0 Å². The molecule has 1 atom stereocenters. The van der Waals surface area contributed by atoms with E-state index >= 15 is 0 Å². The molecular weight excluding hydrogens is 381 g/mol. The summed E-state index contributed by atoms with van der Waals surface area (Å²) in [6.07, 6.45) is 7.73. The molecule has 1 unspecified atom stereocenters. The van der Waals surface area contributed by atoms with Crippen molar-refractivity contribution in [2.24, 2.45) is 23.2 Å². The Morgan fingerprint density at radius 1 is 1.17 bits per heavy atom. The molecule has 0 aromatic carbocycles. The molecule has 1 N–H and O–H groups in total. The Kier molecular flexibility index (Phi) is 4.41. The molecule has 4 aliphatic carbocycles.